The third-order valence-corrected chi connectivity index (χ3v) is 0.605. The zero-order valence-corrected chi connectivity index (χ0v) is 6.62. The molecule has 0 N–H and O–H groups in total. The molecule has 0 saturated heterocycles. The Morgan fingerprint density at radius 3 is 1.75 bits per heavy atom. The fourth-order valence-electron chi connectivity index (χ4n) is 0.560. The highest BCUT2D eigenvalue weighted by Crippen LogP contribution is 2.15. The van der Waals surface area contributed by atoms with Gasteiger partial charge >= 0.3 is 0 Å². The molecule has 0 aromatic rings. The predicted octanol–water partition coefficient (Wildman–Crippen LogP) is 2.39. The Morgan fingerprint density at radius 2 is 1.75 bits per heavy atom. The number of alkyl halides is 1. The van der Waals surface area contributed by atoms with E-state index in [1.165, 1.54) is 0 Å². The molecule has 2 heteroatoms. The van der Waals surface area contributed by atoms with Gasteiger partial charge in [-0.15, -0.1) is 0 Å². The molecule has 0 spiro atoms. The monoisotopic (exact) mass is 136 g/mol. The molecule has 0 aliphatic heterocycles. The van der Waals surface area contributed by atoms with E-state index in [4.69, 9.17) is 16.3 Å². The molecule has 0 atom stereocenters. The molecule has 0 radical (unpaired) electrons. The molecule has 0 aliphatic carbocycles. The van der Waals surface area contributed by atoms with Gasteiger partial charge in [-0.05, 0) is 27.7 Å². The van der Waals surface area contributed by atoms with E-state index in [0.717, 1.165) is 0 Å². The summed E-state index contributed by atoms with van der Waals surface area (Å²) in [5.74, 6) is 0. The fourth-order valence-corrected chi connectivity index (χ4v) is 0.739. The maximum Gasteiger partial charge on any atom is 0.136 e. The van der Waals surface area contributed by atoms with Crippen LogP contribution in [0.25, 0.3) is 0 Å². The van der Waals surface area contributed by atoms with E-state index in [0.29, 0.717) is 0 Å². The summed E-state index contributed by atoms with van der Waals surface area (Å²) in [4.78, 5) is 0. The van der Waals surface area contributed by atoms with Crippen LogP contribution in [-0.2, 0) is 4.74 Å². The van der Waals surface area contributed by atoms with Crippen LogP contribution in [0.15, 0.2) is 0 Å². The van der Waals surface area contributed by atoms with E-state index >= 15 is 0 Å². The van der Waals surface area contributed by atoms with Crippen LogP contribution in [0.5, 0.6) is 0 Å². The Kier molecular flexibility index (Phi) is 2.78. The highest BCUT2D eigenvalue weighted by atomic mass is 35.5. The molecule has 0 rings (SSSR count). The van der Waals surface area contributed by atoms with Crippen LogP contribution in [0.3, 0.4) is 0 Å². The number of hydrogen-bond acceptors (Lipinski definition) is 1. The smallest absolute Gasteiger partial charge is 0.136 e. The second-order valence-electron chi connectivity index (χ2n) is 2.53. The van der Waals surface area contributed by atoms with Gasteiger partial charge in [0.1, 0.15) is 5.06 Å². The van der Waals surface area contributed by atoms with Crippen LogP contribution < -0.4 is 0 Å². The number of hydrogen-bond donors (Lipinski definition) is 0. The summed E-state index contributed by atoms with van der Waals surface area (Å²) in [5.41, 5.74) is 0. The van der Waals surface area contributed by atoms with Crippen LogP contribution in [0.1, 0.15) is 27.7 Å². The Labute approximate surface area is 56.0 Å². The predicted molar refractivity (Wildman–Crippen MR) is 36.2 cm³/mol. The molecule has 0 aliphatic rings. The molecule has 8 heavy (non-hydrogen) atoms. The standard InChI is InChI=1S/C6H13ClO/c1-5(2)8-6(3,4)7/h5H,1-4H3. The van der Waals surface area contributed by atoms with E-state index in [1.54, 1.807) is 0 Å². The average Bonchev–Trinajstić information content (AvgIpc) is 1.21. The van der Waals surface area contributed by atoms with Gasteiger partial charge in [0.05, 0.1) is 6.10 Å². The molecule has 0 bridgehead atoms. The van der Waals surface area contributed by atoms with Crippen LogP contribution in [0.4, 0.5) is 0 Å². The molecule has 0 amide bonds. The molecule has 50 valence electrons. The Balaban J connectivity index is 3.39. The zero-order valence-electron chi connectivity index (χ0n) is 5.86. The third kappa shape index (κ3) is 6.25. The maximum atomic E-state index is 5.71. The summed E-state index contributed by atoms with van der Waals surface area (Å²) in [5, 5.41) is -0.506. The van der Waals surface area contributed by atoms with Gasteiger partial charge in [-0.25, -0.2) is 0 Å². The molecule has 0 saturated carbocycles. The van der Waals surface area contributed by atoms with E-state index in [9.17, 15) is 0 Å². The summed E-state index contributed by atoms with van der Waals surface area (Å²) in [6.07, 6.45) is 0.211. The second-order valence-corrected chi connectivity index (χ2v) is 3.44. The van der Waals surface area contributed by atoms with Crippen molar-refractivity contribution in [3.05, 3.63) is 0 Å². The highest BCUT2D eigenvalue weighted by molar-refractivity contribution is 6.22. The molecule has 0 heterocycles. The molecule has 0 unspecified atom stereocenters. The lowest BCUT2D eigenvalue weighted by Crippen LogP contribution is -2.20. The van der Waals surface area contributed by atoms with Crippen molar-refractivity contribution in [3.63, 3.8) is 0 Å². The van der Waals surface area contributed by atoms with Crippen LogP contribution >= 0.6 is 11.6 Å². The van der Waals surface area contributed by atoms with Crippen LogP contribution in [-0.4, -0.2) is 11.2 Å². The summed E-state index contributed by atoms with van der Waals surface area (Å²) in [6.45, 7) is 7.58. The minimum atomic E-state index is -0.506. The number of rotatable bonds is 2. The Morgan fingerprint density at radius 1 is 1.38 bits per heavy atom. The van der Waals surface area contributed by atoms with Gasteiger partial charge in [-0.2, -0.15) is 0 Å². The molecular weight excluding hydrogens is 124 g/mol. The summed E-state index contributed by atoms with van der Waals surface area (Å²) < 4.78 is 5.20. The number of halogens is 1. The summed E-state index contributed by atoms with van der Waals surface area (Å²) in [7, 11) is 0. The van der Waals surface area contributed by atoms with Crippen molar-refractivity contribution in [1.82, 2.24) is 0 Å². The molecule has 0 fully saturated rings. The van der Waals surface area contributed by atoms with E-state index < -0.39 is 5.06 Å². The van der Waals surface area contributed by atoms with E-state index in [-0.39, 0.29) is 6.10 Å². The topological polar surface area (TPSA) is 9.23 Å². The first-order chi connectivity index (χ1) is 3.42. The van der Waals surface area contributed by atoms with Crippen molar-refractivity contribution in [2.24, 2.45) is 0 Å². The first kappa shape index (κ1) is 8.25. The molecule has 0 aromatic heterocycles. The lowest BCUT2D eigenvalue weighted by atomic mass is 10.4. The zero-order chi connectivity index (χ0) is 6.78. The van der Waals surface area contributed by atoms with Crippen molar-refractivity contribution < 1.29 is 4.74 Å². The average molecular weight is 137 g/mol. The fraction of sp³-hybridized carbons (Fsp3) is 1.00. The molecular formula is C6H13ClO. The minimum absolute atomic E-state index is 0.211. The van der Waals surface area contributed by atoms with Crippen molar-refractivity contribution in [2.45, 2.75) is 38.9 Å². The first-order valence-electron chi connectivity index (χ1n) is 2.78. The van der Waals surface area contributed by atoms with E-state index in [2.05, 4.69) is 0 Å². The normalized spacial score (nSPS) is 12.8. The Hall–Kier alpha value is 0.250. The maximum absolute atomic E-state index is 5.71. The molecule has 0 aromatic carbocycles. The summed E-state index contributed by atoms with van der Waals surface area (Å²) in [6, 6.07) is 0. The third-order valence-electron chi connectivity index (χ3n) is 0.516. The summed E-state index contributed by atoms with van der Waals surface area (Å²) >= 11 is 5.71. The molecule has 1 nitrogen and oxygen atoms in total. The first-order valence-corrected chi connectivity index (χ1v) is 3.16. The quantitative estimate of drug-likeness (QED) is 0.530. The minimum Gasteiger partial charge on any atom is -0.358 e. The van der Waals surface area contributed by atoms with Gasteiger partial charge in [0.15, 0.2) is 0 Å². The van der Waals surface area contributed by atoms with Crippen LogP contribution in [0, 0.1) is 0 Å². The highest BCUT2D eigenvalue weighted by Gasteiger charge is 2.13. The van der Waals surface area contributed by atoms with Gasteiger partial charge in [0.25, 0.3) is 0 Å². The van der Waals surface area contributed by atoms with Crippen LogP contribution in [0.2, 0.25) is 0 Å². The number of ether oxygens (including phenoxy) is 1. The Bertz CT molecular complexity index is 63.4. The van der Waals surface area contributed by atoms with Gasteiger partial charge < -0.3 is 4.74 Å². The van der Waals surface area contributed by atoms with E-state index in [1.807, 2.05) is 27.7 Å². The van der Waals surface area contributed by atoms with Gasteiger partial charge in [-0.3, -0.25) is 0 Å². The van der Waals surface area contributed by atoms with Crippen molar-refractivity contribution in [2.75, 3.05) is 0 Å². The largest absolute Gasteiger partial charge is 0.358 e. The van der Waals surface area contributed by atoms with Crippen molar-refractivity contribution in [1.29, 1.82) is 0 Å². The van der Waals surface area contributed by atoms with Gasteiger partial charge in [0, 0.05) is 0 Å². The second kappa shape index (κ2) is 2.70. The van der Waals surface area contributed by atoms with Gasteiger partial charge in [-0.1, -0.05) is 11.6 Å². The van der Waals surface area contributed by atoms with Gasteiger partial charge in [0.2, 0.25) is 0 Å². The van der Waals surface area contributed by atoms with Crippen molar-refractivity contribution in [3.8, 4) is 0 Å². The van der Waals surface area contributed by atoms with Crippen molar-refractivity contribution >= 4 is 11.6 Å². The lowest BCUT2D eigenvalue weighted by Gasteiger charge is -2.19. The SMILES string of the molecule is CC(C)OC(C)(C)Cl. The lowest BCUT2D eigenvalue weighted by molar-refractivity contribution is 0.000991.